The molecule has 3 rings (SSSR count). The second-order valence-corrected chi connectivity index (χ2v) is 4.59. The largest absolute Gasteiger partial charge is 0.377 e. The normalized spacial score (nSPS) is 12.7. The van der Waals surface area contributed by atoms with E-state index in [1.54, 1.807) is 6.20 Å². The maximum Gasteiger partial charge on any atom is 0.323 e. The average molecular weight is 257 g/mol. The molecule has 6 nitrogen and oxygen atoms in total. The van der Waals surface area contributed by atoms with Crippen molar-refractivity contribution in [2.75, 3.05) is 5.32 Å². The van der Waals surface area contributed by atoms with Gasteiger partial charge in [0.2, 0.25) is 0 Å². The second kappa shape index (κ2) is 4.31. The number of fused-ring (bicyclic) bond motifs is 1. The van der Waals surface area contributed by atoms with E-state index in [4.69, 9.17) is 0 Å². The lowest BCUT2D eigenvalue weighted by Crippen LogP contribution is -2.11. The van der Waals surface area contributed by atoms with Crippen LogP contribution in [0.1, 0.15) is 18.7 Å². The molecule has 0 amide bonds. The lowest BCUT2D eigenvalue weighted by atomic mass is 10.2. The van der Waals surface area contributed by atoms with Gasteiger partial charge in [0, 0.05) is 18.9 Å². The lowest BCUT2D eigenvalue weighted by molar-refractivity contribution is 0.676. The van der Waals surface area contributed by atoms with Crippen molar-refractivity contribution in [1.82, 2.24) is 19.7 Å². The van der Waals surface area contributed by atoms with Crippen LogP contribution in [0, 0.1) is 0 Å². The minimum atomic E-state index is -0.188. The molecule has 2 aromatic heterocycles. The van der Waals surface area contributed by atoms with Gasteiger partial charge < -0.3 is 15.3 Å². The van der Waals surface area contributed by atoms with Gasteiger partial charge in [0.1, 0.15) is 0 Å². The Morgan fingerprint density at radius 3 is 2.79 bits per heavy atom. The molecule has 0 bridgehead atoms. The molecular weight excluding hydrogens is 242 g/mol. The van der Waals surface area contributed by atoms with Crippen LogP contribution in [-0.2, 0) is 7.05 Å². The maximum atomic E-state index is 11.2. The Labute approximate surface area is 109 Å². The number of anilines is 1. The van der Waals surface area contributed by atoms with Crippen molar-refractivity contribution in [2.45, 2.75) is 13.0 Å². The molecule has 2 heterocycles. The molecule has 3 N–H and O–H groups in total. The van der Waals surface area contributed by atoms with Crippen molar-refractivity contribution in [3.05, 3.63) is 46.6 Å². The molecule has 0 saturated heterocycles. The Kier molecular flexibility index (Phi) is 2.63. The molecule has 19 heavy (non-hydrogen) atoms. The minimum absolute atomic E-state index is 0.135. The zero-order valence-corrected chi connectivity index (χ0v) is 10.8. The summed E-state index contributed by atoms with van der Waals surface area (Å²) in [5, 5.41) is 7.55. The smallest absolute Gasteiger partial charge is 0.323 e. The third-order valence-electron chi connectivity index (χ3n) is 3.20. The van der Waals surface area contributed by atoms with Gasteiger partial charge in [-0.3, -0.25) is 4.68 Å². The van der Waals surface area contributed by atoms with Gasteiger partial charge in [-0.2, -0.15) is 5.10 Å². The molecule has 0 aliphatic carbocycles. The Hall–Kier alpha value is -2.50. The predicted octanol–water partition coefficient (Wildman–Crippen LogP) is 1.76. The number of hydrogen-bond acceptors (Lipinski definition) is 3. The number of aromatic amines is 2. The molecule has 0 aliphatic rings. The van der Waals surface area contributed by atoms with Gasteiger partial charge in [-0.15, -0.1) is 0 Å². The highest BCUT2D eigenvalue weighted by Gasteiger charge is 2.09. The summed E-state index contributed by atoms with van der Waals surface area (Å²) < 4.78 is 1.84. The van der Waals surface area contributed by atoms with E-state index in [2.05, 4.69) is 27.3 Å². The van der Waals surface area contributed by atoms with Crippen molar-refractivity contribution >= 4 is 16.7 Å². The molecule has 0 saturated carbocycles. The zero-order chi connectivity index (χ0) is 13.4. The van der Waals surface area contributed by atoms with Crippen LogP contribution in [-0.4, -0.2) is 19.7 Å². The first-order chi connectivity index (χ1) is 9.13. The molecular formula is C13H15N5O. The number of benzene rings is 1. The van der Waals surface area contributed by atoms with Crippen molar-refractivity contribution < 1.29 is 0 Å². The van der Waals surface area contributed by atoms with E-state index < -0.39 is 0 Å². The van der Waals surface area contributed by atoms with Gasteiger partial charge in [-0.25, -0.2) is 4.79 Å². The molecule has 3 aromatic rings. The van der Waals surface area contributed by atoms with Gasteiger partial charge >= 0.3 is 5.69 Å². The van der Waals surface area contributed by atoms with Crippen LogP contribution in [0.15, 0.2) is 35.3 Å². The van der Waals surface area contributed by atoms with E-state index in [1.165, 1.54) is 0 Å². The van der Waals surface area contributed by atoms with E-state index in [0.29, 0.717) is 0 Å². The molecule has 0 spiro atoms. The molecule has 98 valence electrons. The number of hydrogen-bond donors (Lipinski definition) is 3. The van der Waals surface area contributed by atoms with Crippen LogP contribution in [0.2, 0.25) is 0 Å². The zero-order valence-electron chi connectivity index (χ0n) is 10.8. The number of nitrogens with zero attached hydrogens (tertiary/aromatic N) is 2. The van der Waals surface area contributed by atoms with Crippen molar-refractivity contribution in [3.63, 3.8) is 0 Å². The van der Waals surface area contributed by atoms with Crippen LogP contribution >= 0.6 is 0 Å². The summed E-state index contributed by atoms with van der Waals surface area (Å²) >= 11 is 0. The first-order valence-corrected chi connectivity index (χ1v) is 6.10. The first kappa shape index (κ1) is 11.6. The Balaban J connectivity index is 1.88. The average Bonchev–Trinajstić information content (AvgIpc) is 2.93. The third kappa shape index (κ3) is 2.12. The monoisotopic (exact) mass is 257 g/mol. The Bertz CT molecular complexity index is 767. The molecule has 1 atom stereocenters. The molecule has 1 unspecified atom stereocenters. The summed E-state index contributed by atoms with van der Waals surface area (Å²) in [6, 6.07) is 7.86. The summed E-state index contributed by atoms with van der Waals surface area (Å²) in [4.78, 5) is 16.7. The predicted molar refractivity (Wildman–Crippen MR) is 74.2 cm³/mol. The second-order valence-electron chi connectivity index (χ2n) is 4.59. The fourth-order valence-electron chi connectivity index (χ4n) is 2.26. The highest BCUT2D eigenvalue weighted by Crippen LogP contribution is 2.20. The van der Waals surface area contributed by atoms with Crippen molar-refractivity contribution in [3.8, 4) is 0 Å². The summed E-state index contributed by atoms with van der Waals surface area (Å²) in [5.74, 6) is 0. The quantitative estimate of drug-likeness (QED) is 0.669. The van der Waals surface area contributed by atoms with Gasteiger partial charge in [-0.1, -0.05) is 0 Å². The summed E-state index contributed by atoms with van der Waals surface area (Å²) in [5.41, 5.74) is 3.47. The molecule has 6 heteroatoms. The topological polar surface area (TPSA) is 78.5 Å². The van der Waals surface area contributed by atoms with E-state index >= 15 is 0 Å². The molecule has 0 aliphatic heterocycles. The highest BCUT2D eigenvalue weighted by molar-refractivity contribution is 5.78. The van der Waals surface area contributed by atoms with Crippen LogP contribution < -0.4 is 11.0 Å². The SMILES string of the molecule is CC(Nc1ccc2[nH]c(=O)[nH]c2c1)c1ccnn1C. The number of aromatic nitrogens is 4. The van der Waals surface area contributed by atoms with E-state index in [1.807, 2.05) is 36.0 Å². The van der Waals surface area contributed by atoms with Crippen molar-refractivity contribution in [2.24, 2.45) is 7.05 Å². The fraction of sp³-hybridized carbons (Fsp3) is 0.231. The Morgan fingerprint density at radius 1 is 1.26 bits per heavy atom. The maximum absolute atomic E-state index is 11.2. The van der Waals surface area contributed by atoms with Crippen molar-refractivity contribution in [1.29, 1.82) is 0 Å². The van der Waals surface area contributed by atoms with Crippen LogP contribution in [0.25, 0.3) is 11.0 Å². The number of aryl methyl sites for hydroxylation is 1. The number of imidazole rings is 1. The molecule has 0 radical (unpaired) electrons. The number of rotatable bonds is 3. The minimum Gasteiger partial charge on any atom is -0.377 e. The number of nitrogens with one attached hydrogen (secondary N) is 3. The van der Waals surface area contributed by atoms with Crippen LogP contribution in [0.3, 0.4) is 0 Å². The summed E-state index contributed by atoms with van der Waals surface area (Å²) in [6.45, 7) is 2.07. The van der Waals surface area contributed by atoms with Gasteiger partial charge in [0.25, 0.3) is 0 Å². The molecule has 0 fully saturated rings. The molecule has 1 aromatic carbocycles. The third-order valence-corrected chi connectivity index (χ3v) is 3.20. The fourth-order valence-corrected chi connectivity index (χ4v) is 2.26. The van der Waals surface area contributed by atoms with Crippen LogP contribution in [0.4, 0.5) is 5.69 Å². The summed E-state index contributed by atoms with van der Waals surface area (Å²) in [6.07, 6.45) is 1.78. The summed E-state index contributed by atoms with van der Waals surface area (Å²) in [7, 11) is 1.92. The standard InChI is InChI=1S/C13H15N5O/c1-8(12-5-6-14-18(12)2)15-9-3-4-10-11(7-9)17-13(19)16-10/h3-8,15H,1-2H3,(H2,16,17,19). The van der Waals surface area contributed by atoms with E-state index in [-0.39, 0.29) is 11.7 Å². The first-order valence-electron chi connectivity index (χ1n) is 6.10. The van der Waals surface area contributed by atoms with E-state index in [0.717, 1.165) is 22.4 Å². The van der Waals surface area contributed by atoms with Crippen LogP contribution in [0.5, 0.6) is 0 Å². The Morgan fingerprint density at radius 2 is 2.05 bits per heavy atom. The van der Waals surface area contributed by atoms with Gasteiger partial charge in [-0.05, 0) is 31.2 Å². The van der Waals surface area contributed by atoms with E-state index in [9.17, 15) is 4.79 Å². The van der Waals surface area contributed by atoms with Gasteiger partial charge in [0.05, 0.1) is 22.8 Å². The number of H-pyrrole nitrogens is 2. The van der Waals surface area contributed by atoms with Gasteiger partial charge in [0.15, 0.2) is 0 Å². The highest BCUT2D eigenvalue weighted by atomic mass is 16.1. The lowest BCUT2D eigenvalue weighted by Gasteiger charge is -2.15.